The second-order valence-electron chi connectivity index (χ2n) is 4.24. The molecule has 0 radical (unpaired) electrons. The van der Waals surface area contributed by atoms with E-state index in [4.69, 9.17) is 16.0 Å². The van der Waals surface area contributed by atoms with Crippen molar-refractivity contribution >= 4 is 34.6 Å². The highest BCUT2D eigenvalue weighted by molar-refractivity contribution is 6.31. The summed E-state index contributed by atoms with van der Waals surface area (Å²) in [6.07, 6.45) is 0. The average molecular weight is 309 g/mol. The lowest BCUT2D eigenvalue weighted by Gasteiger charge is -2.03. The third-order valence-electron chi connectivity index (χ3n) is 2.80. The topological polar surface area (TPSA) is 108 Å². The van der Waals surface area contributed by atoms with Gasteiger partial charge in [0.1, 0.15) is 6.54 Å². The molecule has 21 heavy (non-hydrogen) atoms. The summed E-state index contributed by atoms with van der Waals surface area (Å²) in [6.45, 7) is -0.237. The highest BCUT2D eigenvalue weighted by Crippen LogP contribution is 2.18. The third-order valence-corrected chi connectivity index (χ3v) is 3.04. The number of oxazole rings is 1. The number of hydrogen-bond donors (Lipinski definition) is 1. The smallest absolute Gasteiger partial charge is 0.408 e. The largest absolute Gasteiger partial charge is 0.420 e. The van der Waals surface area contributed by atoms with Crippen molar-refractivity contribution < 1.29 is 9.21 Å². The van der Waals surface area contributed by atoms with Crippen LogP contribution in [0.5, 0.6) is 0 Å². The summed E-state index contributed by atoms with van der Waals surface area (Å²) in [4.78, 5) is 23.7. The van der Waals surface area contributed by atoms with E-state index in [1.165, 1.54) is 9.25 Å². The van der Waals surface area contributed by atoms with Crippen molar-refractivity contribution in [2.24, 2.45) is 7.05 Å². The van der Waals surface area contributed by atoms with Gasteiger partial charge in [-0.25, -0.2) is 9.48 Å². The molecule has 2 aromatic heterocycles. The number of carbonyl (C=O) groups excluding carboxylic acids is 1. The van der Waals surface area contributed by atoms with E-state index in [-0.39, 0.29) is 12.5 Å². The highest BCUT2D eigenvalue weighted by Gasteiger charge is 2.14. The summed E-state index contributed by atoms with van der Waals surface area (Å²) in [5.74, 6) is -0.921. The summed E-state index contributed by atoms with van der Waals surface area (Å²) in [6, 6.07) is 4.72. The Morgan fingerprint density at radius 3 is 3.00 bits per heavy atom. The lowest BCUT2D eigenvalue weighted by molar-refractivity contribution is -0.116. The fourth-order valence-electron chi connectivity index (χ4n) is 1.83. The zero-order valence-corrected chi connectivity index (χ0v) is 11.5. The van der Waals surface area contributed by atoms with Gasteiger partial charge in [-0.3, -0.25) is 14.7 Å². The molecule has 0 atom stereocenters. The van der Waals surface area contributed by atoms with Gasteiger partial charge in [-0.2, -0.15) is 0 Å². The molecule has 0 aliphatic rings. The third kappa shape index (κ3) is 2.50. The second kappa shape index (κ2) is 5.02. The minimum atomic E-state index is -0.640. The SMILES string of the molecule is Cn1nnnc1NC(=O)Cn1c(=O)oc2ccc(Cl)cc21. The maximum atomic E-state index is 12.0. The zero-order chi connectivity index (χ0) is 15.0. The van der Waals surface area contributed by atoms with E-state index >= 15 is 0 Å². The second-order valence-corrected chi connectivity index (χ2v) is 4.68. The first-order valence-corrected chi connectivity index (χ1v) is 6.23. The van der Waals surface area contributed by atoms with Crippen LogP contribution in [0.4, 0.5) is 5.95 Å². The Balaban J connectivity index is 1.89. The van der Waals surface area contributed by atoms with Crippen molar-refractivity contribution in [2.45, 2.75) is 6.54 Å². The van der Waals surface area contributed by atoms with Crippen LogP contribution in [0.2, 0.25) is 5.02 Å². The number of aromatic nitrogens is 5. The molecule has 0 saturated heterocycles. The van der Waals surface area contributed by atoms with E-state index in [1.54, 1.807) is 25.2 Å². The van der Waals surface area contributed by atoms with Gasteiger partial charge in [0.25, 0.3) is 0 Å². The van der Waals surface area contributed by atoms with Crippen LogP contribution < -0.4 is 11.1 Å². The quantitative estimate of drug-likeness (QED) is 0.751. The zero-order valence-electron chi connectivity index (χ0n) is 10.8. The van der Waals surface area contributed by atoms with Crippen LogP contribution in [-0.4, -0.2) is 30.7 Å². The van der Waals surface area contributed by atoms with Gasteiger partial charge in [0.15, 0.2) is 5.58 Å². The first kappa shape index (κ1) is 13.3. The number of tetrazole rings is 1. The molecule has 9 nitrogen and oxygen atoms in total. The van der Waals surface area contributed by atoms with Crippen molar-refractivity contribution in [1.29, 1.82) is 0 Å². The number of amides is 1. The van der Waals surface area contributed by atoms with Crippen LogP contribution in [0.3, 0.4) is 0 Å². The number of nitrogens with zero attached hydrogens (tertiary/aromatic N) is 5. The van der Waals surface area contributed by atoms with Gasteiger partial charge in [0.05, 0.1) is 5.52 Å². The molecule has 3 rings (SSSR count). The molecule has 0 unspecified atom stereocenters. The molecule has 0 aliphatic carbocycles. The number of benzene rings is 1. The van der Waals surface area contributed by atoms with E-state index in [2.05, 4.69) is 20.8 Å². The Morgan fingerprint density at radius 2 is 2.29 bits per heavy atom. The van der Waals surface area contributed by atoms with E-state index in [0.717, 1.165) is 0 Å². The summed E-state index contributed by atoms with van der Waals surface area (Å²) in [7, 11) is 1.58. The molecule has 1 amide bonds. The van der Waals surface area contributed by atoms with Crippen molar-refractivity contribution in [3.05, 3.63) is 33.8 Å². The molecule has 0 fully saturated rings. The Morgan fingerprint density at radius 1 is 1.48 bits per heavy atom. The Hall–Kier alpha value is -2.68. The van der Waals surface area contributed by atoms with Crippen LogP contribution >= 0.6 is 11.6 Å². The van der Waals surface area contributed by atoms with Crippen LogP contribution in [0.15, 0.2) is 27.4 Å². The number of carbonyl (C=O) groups is 1. The fourth-order valence-corrected chi connectivity index (χ4v) is 1.99. The number of rotatable bonds is 3. The normalized spacial score (nSPS) is 11.0. The predicted octanol–water partition coefficient (Wildman–Crippen LogP) is 0.410. The number of halogens is 1. The molecule has 10 heteroatoms. The maximum absolute atomic E-state index is 12.0. The van der Waals surface area contributed by atoms with Crippen LogP contribution in [0.25, 0.3) is 11.1 Å². The molecule has 3 aromatic rings. The van der Waals surface area contributed by atoms with Crippen molar-refractivity contribution in [1.82, 2.24) is 24.8 Å². The number of hydrogen-bond acceptors (Lipinski definition) is 6. The van der Waals surface area contributed by atoms with Gasteiger partial charge < -0.3 is 4.42 Å². The van der Waals surface area contributed by atoms with E-state index in [9.17, 15) is 9.59 Å². The number of aryl methyl sites for hydroxylation is 1. The Bertz CT molecular complexity index is 880. The fraction of sp³-hybridized carbons (Fsp3) is 0.182. The minimum absolute atomic E-state index is 0.180. The molecule has 0 aliphatic heterocycles. The van der Waals surface area contributed by atoms with E-state index in [0.29, 0.717) is 16.1 Å². The minimum Gasteiger partial charge on any atom is -0.408 e. The molecule has 108 valence electrons. The standard InChI is InChI=1S/C11H9ClN6O3/c1-17-10(14-15-16-17)13-9(19)5-18-7-4-6(12)2-3-8(7)21-11(18)20/h2-4H,5H2,1H3,(H,13,14,16,19). The molecule has 0 spiro atoms. The molecule has 0 saturated carbocycles. The Kier molecular flexibility index (Phi) is 3.18. The highest BCUT2D eigenvalue weighted by atomic mass is 35.5. The monoisotopic (exact) mass is 308 g/mol. The number of nitrogens with one attached hydrogen (secondary N) is 1. The molecule has 1 N–H and O–H groups in total. The van der Waals surface area contributed by atoms with Gasteiger partial charge in [0, 0.05) is 12.1 Å². The summed E-state index contributed by atoms with van der Waals surface area (Å²) in [5, 5.41) is 13.5. The predicted molar refractivity (Wildman–Crippen MR) is 72.9 cm³/mol. The summed E-state index contributed by atoms with van der Waals surface area (Å²) in [5.41, 5.74) is 0.802. The average Bonchev–Trinajstić information content (AvgIpc) is 2.96. The lowest BCUT2D eigenvalue weighted by Crippen LogP contribution is -2.25. The van der Waals surface area contributed by atoms with Gasteiger partial charge in [-0.05, 0) is 28.6 Å². The molecule has 0 bridgehead atoms. The number of anilines is 1. The van der Waals surface area contributed by atoms with Crippen LogP contribution in [-0.2, 0) is 18.4 Å². The lowest BCUT2D eigenvalue weighted by atomic mass is 10.3. The summed E-state index contributed by atoms with van der Waals surface area (Å²) >= 11 is 5.88. The molecular formula is C11H9ClN6O3. The van der Waals surface area contributed by atoms with Gasteiger partial charge >= 0.3 is 5.76 Å². The summed E-state index contributed by atoms with van der Waals surface area (Å²) < 4.78 is 7.51. The van der Waals surface area contributed by atoms with E-state index < -0.39 is 11.7 Å². The number of fused-ring (bicyclic) bond motifs is 1. The molecular weight excluding hydrogens is 300 g/mol. The van der Waals surface area contributed by atoms with Gasteiger partial charge in [-0.15, -0.1) is 0 Å². The van der Waals surface area contributed by atoms with Crippen LogP contribution in [0, 0.1) is 0 Å². The van der Waals surface area contributed by atoms with Gasteiger partial charge in [0.2, 0.25) is 11.9 Å². The first-order chi connectivity index (χ1) is 10.0. The first-order valence-electron chi connectivity index (χ1n) is 5.85. The van der Waals surface area contributed by atoms with Crippen LogP contribution in [0.1, 0.15) is 0 Å². The maximum Gasteiger partial charge on any atom is 0.420 e. The molecule has 1 aromatic carbocycles. The van der Waals surface area contributed by atoms with E-state index in [1.807, 2.05) is 0 Å². The van der Waals surface area contributed by atoms with Crippen molar-refractivity contribution in [3.8, 4) is 0 Å². The van der Waals surface area contributed by atoms with Crippen molar-refractivity contribution in [2.75, 3.05) is 5.32 Å². The van der Waals surface area contributed by atoms with Gasteiger partial charge in [-0.1, -0.05) is 16.7 Å². The van der Waals surface area contributed by atoms with Crippen molar-refractivity contribution in [3.63, 3.8) is 0 Å². The molecule has 2 heterocycles. The Labute approximate surface area is 122 Å².